The predicted octanol–water partition coefficient (Wildman–Crippen LogP) is 0.920. The van der Waals surface area contributed by atoms with E-state index in [1.165, 1.54) is 0 Å². The maximum atomic E-state index is 13.1. The lowest BCUT2D eigenvalue weighted by Gasteiger charge is -2.34. The highest BCUT2D eigenvalue weighted by molar-refractivity contribution is 5.97. The van der Waals surface area contributed by atoms with Crippen LogP contribution in [-0.4, -0.2) is 78.0 Å². The second-order valence-corrected chi connectivity index (χ2v) is 6.69. The molecule has 2 saturated heterocycles. The van der Waals surface area contributed by atoms with Gasteiger partial charge in [0.2, 0.25) is 5.88 Å². The average Bonchev–Trinajstić information content (AvgIpc) is 3.15. The van der Waals surface area contributed by atoms with E-state index in [1.54, 1.807) is 18.8 Å². The Labute approximate surface area is 143 Å². The summed E-state index contributed by atoms with van der Waals surface area (Å²) in [6.07, 6.45) is 1.08. The molecular weight excluding hydrogens is 308 g/mol. The molecule has 134 valence electrons. The first-order valence-electron chi connectivity index (χ1n) is 8.75. The van der Waals surface area contributed by atoms with E-state index in [0.717, 1.165) is 51.5 Å². The van der Waals surface area contributed by atoms with E-state index < -0.39 is 0 Å². The van der Waals surface area contributed by atoms with Crippen molar-refractivity contribution in [2.75, 3.05) is 46.5 Å². The van der Waals surface area contributed by atoms with Crippen LogP contribution in [0.1, 0.15) is 29.4 Å². The molecule has 24 heavy (non-hydrogen) atoms. The van der Waals surface area contributed by atoms with E-state index in [-0.39, 0.29) is 5.91 Å². The number of ether oxygens (including phenoxy) is 2. The molecule has 1 aromatic heterocycles. The maximum absolute atomic E-state index is 13.1. The molecule has 0 bridgehead atoms. The summed E-state index contributed by atoms with van der Waals surface area (Å²) < 4.78 is 12.5. The molecule has 3 heterocycles. The molecule has 0 N–H and O–H groups in total. The van der Waals surface area contributed by atoms with Gasteiger partial charge in [0.1, 0.15) is 5.56 Å². The number of hydrogen-bond donors (Lipinski definition) is 0. The van der Waals surface area contributed by atoms with Gasteiger partial charge in [0.25, 0.3) is 5.91 Å². The fourth-order valence-corrected chi connectivity index (χ4v) is 4.02. The fourth-order valence-electron chi connectivity index (χ4n) is 4.02. The van der Waals surface area contributed by atoms with Gasteiger partial charge in [-0.3, -0.25) is 9.69 Å². The van der Waals surface area contributed by atoms with Gasteiger partial charge in [0, 0.05) is 39.3 Å². The quantitative estimate of drug-likeness (QED) is 0.818. The van der Waals surface area contributed by atoms with Crippen LogP contribution in [-0.2, 0) is 11.8 Å². The zero-order valence-corrected chi connectivity index (χ0v) is 15.1. The lowest BCUT2D eigenvalue weighted by atomic mass is 9.99. The highest BCUT2D eigenvalue weighted by Crippen LogP contribution is 2.29. The zero-order valence-electron chi connectivity index (χ0n) is 15.1. The molecular formula is C17H28N4O3. The Kier molecular flexibility index (Phi) is 5.10. The Morgan fingerprint density at radius 3 is 2.67 bits per heavy atom. The SMILES string of the molecule is CCC1CN(C(=O)c2c(C)nn(C)c2OC)CC1N1CCOCC1. The first kappa shape index (κ1) is 17.2. The van der Waals surface area contributed by atoms with Gasteiger partial charge in [-0.05, 0) is 12.8 Å². The van der Waals surface area contributed by atoms with Gasteiger partial charge in [-0.15, -0.1) is 0 Å². The number of nitrogens with zero attached hydrogens (tertiary/aromatic N) is 4. The van der Waals surface area contributed by atoms with E-state index in [9.17, 15) is 4.79 Å². The van der Waals surface area contributed by atoms with Crippen LogP contribution < -0.4 is 4.74 Å². The number of hydrogen-bond acceptors (Lipinski definition) is 5. The third kappa shape index (κ3) is 3.02. The molecule has 7 nitrogen and oxygen atoms in total. The number of aromatic nitrogens is 2. The van der Waals surface area contributed by atoms with Gasteiger partial charge in [-0.25, -0.2) is 4.68 Å². The molecule has 2 aliphatic rings. The first-order chi connectivity index (χ1) is 11.6. The van der Waals surface area contributed by atoms with Crippen LogP contribution in [0, 0.1) is 12.8 Å². The number of carbonyl (C=O) groups is 1. The largest absolute Gasteiger partial charge is 0.481 e. The van der Waals surface area contributed by atoms with Crippen LogP contribution >= 0.6 is 0 Å². The van der Waals surface area contributed by atoms with Crippen LogP contribution in [0.15, 0.2) is 0 Å². The third-order valence-electron chi connectivity index (χ3n) is 5.31. The van der Waals surface area contributed by atoms with E-state index >= 15 is 0 Å². The second-order valence-electron chi connectivity index (χ2n) is 6.69. The molecule has 1 amide bonds. The lowest BCUT2D eigenvalue weighted by Crippen LogP contribution is -2.47. The molecule has 0 saturated carbocycles. The molecule has 7 heteroatoms. The van der Waals surface area contributed by atoms with Crippen molar-refractivity contribution in [2.45, 2.75) is 26.3 Å². The molecule has 2 fully saturated rings. The summed E-state index contributed by atoms with van der Waals surface area (Å²) in [6, 6.07) is 0.422. The topological polar surface area (TPSA) is 59.8 Å². The molecule has 2 aliphatic heterocycles. The molecule has 0 aliphatic carbocycles. The van der Waals surface area contributed by atoms with Gasteiger partial charge in [0.15, 0.2) is 0 Å². The Morgan fingerprint density at radius 1 is 1.33 bits per heavy atom. The van der Waals surface area contributed by atoms with Crippen molar-refractivity contribution in [2.24, 2.45) is 13.0 Å². The lowest BCUT2D eigenvalue weighted by molar-refractivity contribution is 0.0102. The summed E-state index contributed by atoms with van der Waals surface area (Å²) in [7, 11) is 3.39. The summed E-state index contributed by atoms with van der Waals surface area (Å²) in [6.45, 7) is 9.14. The monoisotopic (exact) mass is 336 g/mol. The van der Waals surface area contributed by atoms with E-state index in [1.807, 2.05) is 11.8 Å². The maximum Gasteiger partial charge on any atom is 0.261 e. The highest BCUT2D eigenvalue weighted by Gasteiger charge is 2.39. The predicted molar refractivity (Wildman–Crippen MR) is 90.4 cm³/mol. The van der Waals surface area contributed by atoms with Gasteiger partial charge >= 0.3 is 0 Å². The summed E-state index contributed by atoms with van der Waals surface area (Å²) in [5.74, 6) is 1.09. The van der Waals surface area contributed by atoms with Gasteiger partial charge in [-0.1, -0.05) is 13.3 Å². The zero-order chi connectivity index (χ0) is 17.3. The number of aryl methyl sites for hydroxylation is 2. The Morgan fingerprint density at radius 2 is 2.04 bits per heavy atom. The van der Waals surface area contributed by atoms with Crippen molar-refractivity contribution in [3.8, 4) is 5.88 Å². The van der Waals surface area contributed by atoms with Crippen molar-refractivity contribution in [3.63, 3.8) is 0 Å². The number of amides is 1. The number of methoxy groups -OCH3 is 1. The van der Waals surface area contributed by atoms with E-state index in [4.69, 9.17) is 9.47 Å². The normalized spacial score (nSPS) is 25.2. The molecule has 2 atom stereocenters. The van der Waals surface area contributed by atoms with Crippen molar-refractivity contribution in [1.82, 2.24) is 19.6 Å². The van der Waals surface area contributed by atoms with Crippen LogP contribution in [0.3, 0.4) is 0 Å². The Balaban J connectivity index is 1.79. The fraction of sp³-hybridized carbons (Fsp3) is 0.765. The van der Waals surface area contributed by atoms with Gasteiger partial charge < -0.3 is 14.4 Å². The van der Waals surface area contributed by atoms with Crippen molar-refractivity contribution < 1.29 is 14.3 Å². The molecule has 0 aromatic carbocycles. The number of morpholine rings is 1. The van der Waals surface area contributed by atoms with Crippen LogP contribution in [0.4, 0.5) is 0 Å². The standard InChI is InChI=1S/C17H28N4O3/c1-5-13-10-21(11-14(13)20-6-8-24-9-7-20)16(22)15-12(2)18-19(3)17(15)23-4/h13-14H,5-11H2,1-4H3. The van der Waals surface area contributed by atoms with Gasteiger partial charge in [0.05, 0.1) is 26.0 Å². The smallest absolute Gasteiger partial charge is 0.261 e. The molecule has 3 rings (SSSR count). The second kappa shape index (κ2) is 7.11. The van der Waals surface area contributed by atoms with Crippen LogP contribution in [0.5, 0.6) is 5.88 Å². The minimum Gasteiger partial charge on any atom is -0.481 e. The molecule has 0 radical (unpaired) electrons. The number of carbonyl (C=O) groups excluding carboxylic acids is 1. The minimum absolute atomic E-state index is 0.0339. The van der Waals surface area contributed by atoms with E-state index in [2.05, 4.69) is 16.9 Å². The summed E-state index contributed by atoms with van der Waals surface area (Å²) in [5.41, 5.74) is 1.32. The minimum atomic E-state index is 0.0339. The molecule has 0 spiro atoms. The van der Waals surface area contributed by atoms with Crippen molar-refractivity contribution in [1.29, 1.82) is 0 Å². The molecule has 1 aromatic rings. The van der Waals surface area contributed by atoms with Crippen LogP contribution in [0.25, 0.3) is 0 Å². The van der Waals surface area contributed by atoms with E-state index in [0.29, 0.717) is 23.4 Å². The summed E-state index contributed by atoms with van der Waals surface area (Å²) in [4.78, 5) is 17.6. The number of likely N-dealkylation sites (tertiary alicyclic amines) is 1. The first-order valence-corrected chi connectivity index (χ1v) is 8.75. The highest BCUT2D eigenvalue weighted by atomic mass is 16.5. The average molecular weight is 336 g/mol. The van der Waals surface area contributed by atoms with Gasteiger partial charge in [-0.2, -0.15) is 5.10 Å². The molecule has 2 unspecified atom stereocenters. The van der Waals surface area contributed by atoms with Crippen LogP contribution in [0.2, 0.25) is 0 Å². The Hall–Kier alpha value is -1.60. The Bertz CT molecular complexity index is 595. The third-order valence-corrected chi connectivity index (χ3v) is 5.31. The summed E-state index contributed by atoms with van der Waals surface area (Å²) in [5, 5.41) is 4.34. The van der Waals surface area contributed by atoms with Crippen molar-refractivity contribution >= 4 is 5.91 Å². The van der Waals surface area contributed by atoms with Crippen molar-refractivity contribution in [3.05, 3.63) is 11.3 Å². The number of rotatable bonds is 4. The summed E-state index contributed by atoms with van der Waals surface area (Å²) >= 11 is 0.